The Morgan fingerprint density at radius 1 is 1.13 bits per heavy atom. The molecule has 3 rings (SSSR count). The molecule has 1 saturated heterocycles. The van der Waals surface area contributed by atoms with E-state index in [1.807, 2.05) is 12.1 Å². The van der Waals surface area contributed by atoms with Gasteiger partial charge in [0.2, 0.25) is 5.91 Å². The largest absolute Gasteiger partial charge is 0.444 e. The standard InChI is InChI=1S/C22H24ClF2N3O3/c1-21(2,3)31-20(30)28-12-22(13-28,26-11-14-4-6-15(23)7-5-14)19(29)27-18-9-8-16(24)10-17(18)25/h4-10,26H,11-13H2,1-3H3,(H,27,29). The summed E-state index contributed by atoms with van der Waals surface area (Å²) in [6, 6.07) is 9.98. The molecule has 1 aliphatic heterocycles. The summed E-state index contributed by atoms with van der Waals surface area (Å²) in [5.41, 5.74) is -1.11. The van der Waals surface area contributed by atoms with Crippen molar-refractivity contribution in [2.75, 3.05) is 18.4 Å². The molecule has 0 radical (unpaired) electrons. The van der Waals surface area contributed by atoms with Crippen molar-refractivity contribution in [3.63, 3.8) is 0 Å². The maximum absolute atomic E-state index is 14.0. The van der Waals surface area contributed by atoms with Crippen molar-refractivity contribution in [2.24, 2.45) is 0 Å². The van der Waals surface area contributed by atoms with Gasteiger partial charge in [-0.3, -0.25) is 10.1 Å². The van der Waals surface area contributed by atoms with E-state index in [1.54, 1.807) is 32.9 Å². The van der Waals surface area contributed by atoms with Crippen molar-refractivity contribution in [1.29, 1.82) is 0 Å². The number of likely N-dealkylation sites (tertiary alicyclic amines) is 1. The minimum atomic E-state index is -1.17. The molecule has 0 saturated carbocycles. The number of benzene rings is 2. The number of halogens is 3. The van der Waals surface area contributed by atoms with Crippen LogP contribution in [-0.4, -0.2) is 41.1 Å². The van der Waals surface area contributed by atoms with E-state index in [2.05, 4.69) is 10.6 Å². The fourth-order valence-electron chi connectivity index (χ4n) is 3.10. The molecule has 1 heterocycles. The zero-order valence-electron chi connectivity index (χ0n) is 17.5. The lowest BCUT2D eigenvalue weighted by Crippen LogP contribution is -2.75. The normalized spacial score (nSPS) is 15.2. The molecule has 0 bridgehead atoms. The average molecular weight is 452 g/mol. The Morgan fingerprint density at radius 2 is 1.77 bits per heavy atom. The number of nitrogens with zero attached hydrogens (tertiary/aromatic N) is 1. The highest BCUT2D eigenvalue weighted by molar-refractivity contribution is 6.30. The summed E-state index contributed by atoms with van der Waals surface area (Å²) in [6.45, 7) is 5.63. The minimum Gasteiger partial charge on any atom is -0.444 e. The molecule has 2 amide bonds. The van der Waals surface area contributed by atoms with Crippen LogP contribution < -0.4 is 10.6 Å². The van der Waals surface area contributed by atoms with Gasteiger partial charge in [-0.25, -0.2) is 13.6 Å². The van der Waals surface area contributed by atoms with Crippen LogP contribution >= 0.6 is 11.6 Å². The van der Waals surface area contributed by atoms with Gasteiger partial charge in [-0.1, -0.05) is 23.7 Å². The number of carbonyl (C=O) groups excluding carboxylic acids is 2. The Kier molecular flexibility index (Phi) is 6.52. The Bertz CT molecular complexity index is 971. The lowest BCUT2D eigenvalue weighted by Gasteiger charge is -2.48. The van der Waals surface area contributed by atoms with Crippen molar-refractivity contribution in [2.45, 2.75) is 38.5 Å². The van der Waals surface area contributed by atoms with Crippen molar-refractivity contribution in [3.05, 3.63) is 64.7 Å². The summed E-state index contributed by atoms with van der Waals surface area (Å²) >= 11 is 5.91. The van der Waals surface area contributed by atoms with Crippen LogP contribution in [0.15, 0.2) is 42.5 Å². The van der Waals surface area contributed by atoms with Gasteiger partial charge >= 0.3 is 6.09 Å². The van der Waals surface area contributed by atoms with Crippen LogP contribution in [-0.2, 0) is 16.1 Å². The van der Waals surface area contributed by atoms with E-state index in [4.69, 9.17) is 16.3 Å². The summed E-state index contributed by atoms with van der Waals surface area (Å²) in [5.74, 6) is -2.16. The van der Waals surface area contributed by atoms with E-state index in [0.29, 0.717) is 17.6 Å². The van der Waals surface area contributed by atoms with Crippen LogP contribution in [0.2, 0.25) is 5.02 Å². The molecule has 0 aliphatic carbocycles. The first-order valence-electron chi connectivity index (χ1n) is 9.71. The summed E-state index contributed by atoms with van der Waals surface area (Å²) in [6.07, 6.45) is -0.544. The fourth-order valence-corrected chi connectivity index (χ4v) is 3.23. The van der Waals surface area contributed by atoms with Crippen LogP contribution in [0.4, 0.5) is 19.3 Å². The summed E-state index contributed by atoms with van der Waals surface area (Å²) in [7, 11) is 0. The van der Waals surface area contributed by atoms with Gasteiger partial charge in [0.25, 0.3) is 0 Å². The monoisotopic (exact) mass is 451 g/mol. The van der Waals surface area contributed by atoms with Crippen molar-refractivity contribution >= 4 is 29.3 Å². The molecule has 2 N–H and O–H groups in total. The number of carbonyl (C=O) groups is 2. The molecule has 1 fully saturated rings. The highest BCUT2D eigenvalue weighted by Crippen LogP contribution is 2.27. The number of ether oxygens (including phenoxy) is 1. The molecule has 0 unspecified atom stereocenters. The van der Waals surface area contributed by atoms with Crippen molar-refractivity contribution in [3.8, 4) is 0 Å². The topological polar surface area (TPSA) is 70.7 Å². The van der Waals surface area contributed by atoms with E-state index < -0.39 is 34.8 Å². The smallest absolute Gasteiger partial charge is 0.410 e. The first kappa shape index (κ1) is 23.0. The molecule has 2 aromatic carbocycles. The number of hydrogen-bond donors (Lipinski definition) is 2. The molecule has 31 heavy (non-hydrogen) atoms. The third-order valence-electron chi connectivity index (χ3n) is 4.73. The van der Waals surface area contributed by atoms with E-state index >= 15 is 0 Å². The van der Waals surface area contributed by atoms with Gasteiger partial charge in [-0.05, 0) is 50.6 Å². The quantitative estimate of drug-likeness (QED) is 0.709. The Balaban J connectivity index is 1.75. The Labute approximate surface area is 184 Å². The zero-order chi connectivity index (χ0) is 22.8. The van der Waals surface area contributed by atoms with Gasteiger partial charge in [0.05, 0.1) is 18.8 Å². The summed E-state index contributed by atoms with van der Waals surface area (Å²) < 4.78 is 32.6. The second kappa shape index (κ2) is 8.80. The zero-order valence-corrected chi connectivity index (χ0v) is 18.2. The van der Waals surface area contributed by atoms with Crippen molar-refractivity contribution in [1.82, 2.24) is 10.2 Å². The molecule has 0 atom stereocenters. The van der Waals surface area contributed by atoms with Gasteiger partial charge in [-0.15, -0.1) is 0 Å². The third-order valence-corrected chi connectivity index (χ3v) is 4.98. The van der Waals surface area contributed by atoms with E-state index in [9.17, 15) is 18.4 Å². The van der Waals surface area contributed by atoms with Crippen molar-refractivity contribution < 1.29 is 23.1 Å². The number of amides is 2. The molecule has 9 heteroatoms. The van der Waals surface area contributed by atoms with Gasteiger partial charge < -0.3 is 15.0 Å². The molecule has 166 valence electrons. The lowest BCUT2D eigenvalue weighted by atomic mass is 9.88. The van der Waals surface area contributed by atoms with Crippen LogP contribution in [0.3, 0.4) is 0 Å². The molecular weight excluding hydrogens is 428 g/mol. The second-order valence-corrected chi connectivity index (χ2v) is 8.91. The lowest BCUT2D eigenvalue weighted by molar-refractivity contribution is -0.129. The van der Waals surface area contributed by atoms with Gasteiger partial charge in [0, 0.05) is 17.6 Å². The highest BCUT2D eigenvalue weighted by Gasteiger charge is 2.52. The van der Waals surface area contributed by atoms with Crippen LogP contribution in [0, 0.1) is 11.6 Å². The number of rotatable bonds is 5. The highest BCUT2D eigenvalue weighted by atomic mass is 35.5. The minimum absolute atomic E-state index is 0.0319. The third kappa shape index (κ3) is 5.71. The van der Waals surface area contributed by atoms with E-state index in [-0.39, 0.29) is 18.8 Å². The summed E-state index contributed by atoms with van der Waals surface area (Å²) in [5, 5.41) is 6.24. The Morgan fingerprint density at radius 3 is 2.35 bits per heavy atom. The van der Waals surface area contributed by atoms with Crippen LogP contribution in [0.5, 0.6) is 0 Å². The molecular formula is C22H24ClF2N3O3. The number of hydrogen-bond acceptors (Lipinski definition) is 4. The van der Waals surface area contributed by atoms with E-state index in [0.717, 1.165) is 17.7 Å². The SMILES string of the molecule is CC(C)(C)OC(=O)N1CC(NCc2ccc(Cl)cc2)(C(=O)Nc2ccc(F)cc2F)C1. The first-order chi connectivity index (χ1) is 14.5. The first-order valence-corrected chi connectivity index (χ1v) is 10.1. The van der Waals surface area contributed by atoms with Gasteiger partial charge in [-0.2, -0.15) is 0 Å². The second-order valence-electron chi connectivity index (χ2n) is 8.48. The van der Waals surface area contributed by atoms with Crippen LogP contribution in [0.25, 0.3) is 0 Å². The maximum Gasteiger partial charge on any atom is 0.410 e. The summed E-state index contributed by atoms with van der Waals surface area (Å²) in [4.78, 5) is 26.8. The molecule has 0 aromatic heterocycles. The van der Waals surface area contributed by atoms with E-state index in [1.165, 1.54) is 4.90 Å². The Hall–Kier alpha value is -2.71. The molecule has 1 aliphatic rings. The molecule has 6 nitrogen and oxygen atoms in total. The molecule has 0 spiro atoms. The van der Waals surface area contributed by atoms with Gasteiger partial charge in [0.1, 0.15) is 22.8 Å². The average Bonchev–Trinajstić information content (AvgIpc) is 2.63. The predicted molar refractivity (Wildman–Crippen MR) is 114 cm³/mol. The predicted octanol–water partition coefficient (Wildman–Crippen LogP) is 4.34. The van der Waals surface area contributed by atoms with Gasteiger partial charge in [0.15, 0.2) is 0 Å². The fraction of sp³-hybridized carbons (Fsp3) is 0.364. The molecule has 2 aromatic rings. The number of anilines is 1. The number of nitrogens with one attached hydrogen (secondary N) is 2. The van der Waals surface area contributed by atoms with Crippen LogP contribution in [0.1, 0.15) is 26.3 Å². The maximum atomic E-state index is 14.0.